The van der Waals surface area contributed by atoms with E-state index in [0.29, 0.717) is 5.92 Å². The third-order valence-electron chi connectivity index (χ3n) is 3.63. The van der Waals surface area contributed by atoms with Crippen molar-refractivity contribution in [2.45, 2.75) is 12.8 Å². The molecule has 0 bridgehead atoms. The average Bonchev–Trinajstić information content (AvgIpc) is 2.47. The Balaban J connectivity index is 2.19. The fourth-order valence-corrected chi connectivity index (χ4v) is 2.85. The lowest BCUT2D eigenvalue weighted by Gasteiger charge is -2.29. The van der Waals surface area contributed by atoms with Gasteiger partial charge in [-0.15, -0.1) is 0 Å². The first-order valence-corrected chi connectivity index (χ1v) is 7.47. The minimum Gasteiger partial charge on any atom is -0.409 e. The number of amidine groups is 1. The highest BCUT2D eigenvalue weighted by molar-refractivity contribution is 9.10. The maximum atomic E-state index is 8.90. The van der Waals surface area contributed by atoms with Crippen LogP contribution in [0.5, 0.6) is 0 Å². The monoisotopic (exact) mass is 341 g/mol. The molecule has 0 atom stereocenters. The minimum atomic E-state index is 0.131. The molecule has 110 valence electrons. The molecule has 2 rings (SSSR count). The Labute approximate surface area is 127 Å². The molecular weight excluding hydrogens is 322 g/mol. The van der Waals surface area contributed by atoms with Gasteiger partial charge in [0.2, 0.25) is 0 Å². The highest BCUT2D eigenvalue weighted by Crippen LogP contribution is 2.26. The van der Waals surface area contributed by atoms with Gasteiger partial charge in [-0.2, -0.15) is 0 Å². The molecule has 3 N–H and O–H groups in total. The van der Waals surface area contributed by atoms with Crippen molar-refractivity contribution in [2.24, 2.45) is 16.8 Å². The van der Waals surface area contributed by atoms with Crippen LogP contribution in [0, 0.1) is 5.92 Å². The van der Waals surface area contributed by atoms with Crippen molar-refractivity contribution in [3.05, 3.63) is 28.2 Å². The summed E-state index contributed by atoms with van der Waals surface area (Å²) in [6.07, 6.45) is 2.16. The molecule has 1 heterocycles. The van der Waals surface area contributed by atoms with Crippen LogP contribution in [0.1, 0.15) is 18.4 Å². The van der Waals surface area contributed by atoms with E-state index in [1.165, 1.54) is 0 Å². The number of anilines is 1. The summed E-state index contributed by atoms with van der Waals surface area (Å²) in [6.45, 7) is 2.61. The van der Waals surface area contributed by atoms with Gasteiger partial charge in [0.05, 0.1) is 0 Å². The van der Waals surface area contributed by atoms with Gasteiger partial charge in [0, 0.05) is 42.5 Å². The molecule has 0 spiro atoms. The molecule has 0 saturated carbocycles. The smallest absolute Gasteiger partial charge is 0.172 e. The predicted octanol–water partition coefficient (Wildman–Crippen LogP) is 2.41. The maximum absolute atomic E-state index is 8.90. The van der Waals surface area contributed by atoms with Crippen LogP contribution in [0.25, 0.3) is 0 Å². The highest BCUT2D eigenvalue weighted by Gasteiger charge is 2.18. The standard InChI is InChI=1S/C14H20BrN3O2/c1-18(9-10-4-6-20-7-5-10)13-8-11(15)2-3-12(13)14(16)17-19/h2-3,8,10,19H,4-7,9H2,1H3,(H2,16,17). The zero-order valence-corrected chi connectivity index (χ0v) is 13.1. The van der Waals surface area contributed by atoms with Gasteiger partial charge in [0.15, 0.2) is 5.84 Å². The fourth-order valence-electron chi connectivity index (χ4n) is 2.51. The summed E-state index contributed by atoms with van der Waals surface area (Å²) in [6, 6.07) is 5.74. The Bertz CT molecular complexity index is 487. The molecule has 1 aromatic rings. The molecule has 0 unspecified atom stereocenters. The lowest BCUT2D eigenvalue weighted by Crippen LogP contribution is -2.31. The Morgan fingerprint density at radius 3 is 2.85 bits per heavy atom. The number of halogens is 1. The molecule has 1 fully saturated rings. The van der Waals surface area contributed by atoms with E-state index in [4.69, 9.17) is 15.7 Å². The van der Waals surface area contributed by atoms with E-state index in [-0.39, 0.29) is 5.84 Å². The number of rotatable bonds is 4. The lowest BCUT2D eigenvalue weighted by atomic mass is 9.99. The number of ether oxygens (including phenoxy) is 1. The van der Waals surface area contributed by atoms with E-state index in [0.717, 1.165) is 48.3 Å². The Morgan fingerprint density at radius 2 is 2.20 bits per heavy atom. The largest absolute Gasteiger partial charge is 0.409 e. The van der Waals surface area contributed by atoms with E-state index in [2.05, 4.69) is 26.0 Å². The van der Waals surface area contributed by atoms with Crippen LogP contribution < -0.4 is 10.6 Å². The van der Waals surface area contributed by atoms with Crippen LogP contribution in [0.3, 0.4) is 0 Å². The van der Waals surface area contributed by atoms with Crippen LogP contribution in [0.4, 0.5) is 5.69 Å². The van der Waals surface area contributed by atoms with E-state index in [9.17, 15) is 0 Å². The van der Waals surface area contributed by atoms with Crippen LogP contribution >= 0.6 is 15.9 Å². The summed E-state index contributed by atoms with van der Waals surface area (Å²) in [5.41, 5.74) is 7.45. The van der Waals surface area contributed by atoms with Crippen molar-refractivity contribution in [3.8, 4) is 0 Å². The van der Waals surface area contributed by atoms with Gasteiger partial charge < -0.3 is 20.6 Å². The van der Waals surface area contributed by atoms with Crippen molar-refractivity contribution in [1.82, 2.24) is 0 Å². The van der Waals surface area contributed by atoms with Crippen molar-refractivity contribution < 1.29 is 9.94 Å². The average molecular weight is 342 g/mol. The second-order valence-corrected chi connectivity index (χ2v) is 6.00. The number of nitrogens with zero attached hydrogens (tertiary/aromatic N) is 2. The molecule has 5 nitrogen and oxygen atoms in total. The molecule has 0 aromatic heterocycles. The first-order valence-electron chi connectivity index (χ1n) is 6.68. The Kier molecular flexibility index (Phi) is 5.25. The summed E-state index contributed by atoms with van der Waals surface area (Å²) in [5, 5.41) is 12.0. The van der Waals surface area contributed by atoms with Gasteiger partial charge in [-0.25, -0.2) is 0 Å². The molecule has 6 heteroatoms. The molecule has 0 aliphatic carbocycles. The molecule has 1 saturated heterocycles. The summed E-state index contributed by atoms with van der Waals surface area (Å²) in [4.78, 5) is 2.16. The van der Waals surface area contributed by atoms with E-state index >= 15 is 0 Å². The Morgan fingerprint density at radius 1 is 1.50 bits per heavy atom. The van der Waals surface area contributed by atoms with Gasteiger partial charge in [-0.3, -0.25) is 0 Å². The number of hydrogen-bond acceptors (Lipinski definition) is 4. The summed E-state index contributed by atoms with van der Waals surface area (Å²) in [5.74, 6) is 0.749. The van der Waals surface area contributed by atoms with Gasteiger partial charge in [0.25, 0.3) is 0 Å². The molecule has 0 amide bonds. The summed E-state index contributed by atoms with van der Waals surface area (Å²) in [7, 11) is 2.03. The predicted molar refractivity (Wildman–Crippen MR) is 83.5 cm³/mol. The van der Waals surface area contributed by atoms with Crippen molar-refractivity contribution in [3.63, 3.8) is 0 Å². The van der Waals surface area contributed by atoms with E-state index < -0.39 is 0 Å². The Hall–Kier alpha value is -1.27. The van der Waals surface area contributed by atoms with Crippen LogP contribution in [0.2, 0.25) is 0 Å². The molecule has 20 heavy (non-hydrogen) atoms. The van der Waals surface area contributed by atoms with Gasteiger partial charge >= 0.3 is 0 Å². The molecule has 1 aliphatic rings. The molecule has 1 aliphatic heterocycles. The third-order valence-corrected chi connectivity index (χ3v) is 4.12. The van der Waals surface area contributed by atoms with Crippen LogP contribution in [-0.2, 0) is 4.74 Å². The van der Waals surface area contributed by atoms with Gasteiger partial charge in [0.1, 0.15) is 0 Å². The second kappa shape index (κ2) is 6.95. The zero-order valence-electron chi connectivity index (χ0n) is 11.6. The lowest BCUT2D eigenvalue weighted by molar-refractivity contribution is 0.0685. The zero-order chi connectivity index (χ0) is 14.5. The van der Waals surface area contributed by atoms with Crippen LogP contribution in [0.15, 0.2) is 27.8 Å². The summed E-state index contributed by atoms with van der Waals surface area (Å²) >= 11 is 3.47. The SMILES string of the molecule is CN(CC1CCOCC1)c1cc(Br)ccc1/C(N)=N/O. The number of oxime groups is 1. The number of benzene rings is 1. The fraction of sp³-hybridized carbons (Fsp3) is 0.500. The highest BCUT2D eigenvalue weighted by atomic mass is 79.9. The normalized spacial score (nSPS) is 17.2. The van der Waals surface area contributed by atoms with E-state index in [1.54, 1.807) is 0 Å². The molecular formula is C14H20BrN3O2. The van der Waals surface area contributed by atoms with E-state index in [1.807, 2.05) is 25.2 Å². The van der Waals surface area contributed by atoms with Crippen LogP contribution in [-0.4, -0.2) is 37.8 Å². The second-order valence-electron chi connectivity index (χ2n) is 5.08. The maximum Gasteiger partial charge on any atom is 0.172 e. The van der Waals surface area contributed by atoms with Gasteiger partial charge in [-0.05, 0) is 37.0 Å². The molecule has 1 aromatic carbocycles. The number of hydrogen-bond donors (Lipinski definition) is 2. The van der Waals surface area contributed by atoms with Crippen molar-refractivity contribution >= 4 is 27.5 Å². The van der Waals surface area contributed by atoms with Crippen molar-refractivity contribution in [2.75, 3.05) is 31.7 Å². The number of nitrogens with two attached hydrogens (primary N) is 1. The third kappa shape index (κ3) is 3.64. The summed E-state index contributed by atoms with van der Waals surface area (Å²) < 4.78 is 6.36. The molecule has 0 radical (unpaired) electrons. The van der Waals surface area contributed by atoms with Crippen molar-refractivity contribution in [1.29, 1.82) is 0 Å². The topological polar surface area (TPSA) is 71.1 Å². The quantitative estimate of drug-likeness (QED) is 0.382. The van der Waals surface area contributed by atoms with Gasteiger partial charge in [-0.1, -0.05) is 21.1 Å². The minimum absolute atomic E-state index is 0.131. The first-order chi connectivity index (χ1) is 9.61. The first kappa shape index (κ1) is 15.1.